The molecule has 92 valence electrons. The first-order valence-electron chi connectivity index (χ1n) is 5.50. The number of hydrogen-bond acceptors (Lipinski definition) is 3. The number of ether oxygens (including phenoxy) is 1. The molecule has 5 heteroatoms. The van der Waals surface area contributed by atoms with Crippen molar-refractivity contribution in [3.05, 3.63) is 0 Å². The molecule has 0 aromatic heterocycles. The number of carboxylic acid groups (broad SMARTS) is 1. The summed E-state index contributed by atoms with van der Waals surface area (Å²) in [7, 11) is 0. The number of nitrogens with zero attached hydrogens (tertiary/aromatic N) is 1. The molecule has 1 aliphatic rings. The van der Waals surface area contributed by atoms with Crippen LogP contribution < -0.4 is 0 Å². The molecule has 16 heavy (non-hydrogen) atoms. The predicted molar refractivity (Wildman–Crippen MR) is 58.2 cm³/mol. The Hall–Kier alpha value is -1.26. The second kappa shape index (κ2) is 4.72. The second-order valence-corrected chi connectivity index (χ2v) is 5.10. The first kappa shape index (κ1) is 12.8. The molecule has 0 aromatic rings. The fraction of sp³-hybridized carbons (Fsp3) is 0.818. The van der Waals surface area contributed by atoms with Gasteiger partial charge in [0.1, 0.15) is 5.60 Å². The molecule has 0 aliphatic carbocycles. The summed E-state index contributed by atoms with van der Waals surface area (Å²) in [4.78, 5) is 23.8. The van der Waals surface area contributed by atoms with E-state index in [9.17, 15) is 9.59 Å². The first-order valence-corrected chi connectivity index (χ1v) is 5.50. The standard InChI is InChI=1S/C11H19NO4/c1-11(2,3)16-9(13)8-5-4-6-12(7-8)10(14)15/h8H,4-7H2,1-3H3,(H,14,15). The third kappa shape index (κ3) is 3.72. The second-order valence-electron chi connectivity index (χ2n) is 5.10. The highest BCUT2D eigenvalue weighted by molar-refractivity contribution is 5.74. The molecule has 1 atom stereocenters. The van der Waals surface area contributed by atoms with Crippen LogP contribution in [0.1, 0.15) is 33.6 Å². The van der Waals surface area contributed by atoms with Crippen LogP contribution in [0, 0.1) is 5.92 Å². The highest BCUT2D eigenvalue weighted by Crippen LogP contribution is 2.20. The largest absolute Gasteiger partial charge is 0.465 e. The zero-order chi connectivity index (χ0) is 12.3. The van der Waals surface area contributed by atoms with Crippen molar-refractivity contribution in [2.75, 3.05) is 13.1 Å². The number of esters is 1. The Bertz CT molecular complexity index is 282. The van der Waals surface area contributed by atoms with Gasteiger partial charge in [0, 0.05) is 13.1 Å². The van der Waals surface area contributed by atoms with Crippen molar-refractivity contribution in [1.29, 1.82) is 0 Å². The van der Waals surface area contributed by atoms with E-state index in [1.165, 1.54) is 4.90 Å². The Balaban J connectivity index is 2.54. The van der Waals surface area contributed by atoms with Gasteiger partial charge in [-0.05, 0) is 33.6 Å². The van der Waals surface area contributed by atoms with Gasteiger partial charge in [0.2, 0.25) is 0 Å². The Morgan fingerprint density at radius 1 is 1.38 bits per heavy atom. The van der Waals surface area contributed by atoms with Gasteiger partial charge < -0.3 is 14.7 Å². The molecule has 0 aromatic carbocycles. The Kier molecular flexibility index (Phi) is 3.78. The van der Waals surface area contributed by atoms with Gasteiger partial charge in [-0.25, -0.2) is 4.79 Å². The van der Waals surface area contributed by atoms with E-state index < -0.39 is 11.7 Å². The highest BCUT2D eigenvalue weighted by atomic mass is 16.6. The van der Waals surface area contributed by atoms with Crippen LogP contribution in [-0.2, 0) is 9.53 Å². The maximum absolute atomic E-state index is 11.7. The topological polar surface area (TPSA) is 66.8 Å². The molecule has 0 saturated carbocycles. The molecular formula is C11H19NO4. The van der Waals surface area contributed by atoms with Gasteiger partial charge in [0.05, 0.1) is 5.92 Å². The average Bonchev–Trinajstić information content (AvgIpc) is 2.15. The molecule has 1 rings (SSSR count). The van der Waals surface area contributed by atoms with Crippen LogP contribution in [0.15, 0.2) is 0 Å². The SMILES string of the molecule is CC(C)(C)OC(=O)C1CCCN(C(=O)O)C1. The number of amides is 1. The molecule has 1 unspecified atom stereocenters. The summed E-state index contributed by atoms with van der Waals surface area (Å²) in [5.74, 6) is -0.609. The normalized spacial score (nSPS) is 21.7. The van der Waals surface area contributed by atoms with Crippen molar-refractivity contribution in [1.82, 2.24) is 4.90 Å². The minimum Gasteiger partial charge on any atom is -0.465 e. The van der Waals surface area contributed by atoms with Gasteiger partial charge in [-0.2, -0.15) is 0 Å². The van der Waals surface area contributed by atoms with E-state index in [0.29, 0.717) is 13.0 Å². The van der Waals surface area contributed by atoms with Gasteiger partial charge in [0.15, 0.2) is 0 Å². The van der Waals surface area contributed by atoms with Crippen molar-refractivity contribution in [3.63, 3.8) is 0 Å². The fourth-order valence-electron chi connectivity index (χ4n) is 1.73. The molecular weight excluding hydrogens is 210 g/mol. The Morgan fingerprint density at radius 3 is 2.50 bits per heavy atom. The molecule has 0 spiro atoms. The minimum atomic E-state index is -0.965. The van der Waals surface area contributed by atoms with Crippen molar-refractivity contribution >= 4 is 12.1 Å². The van der Waals surface area contributed by atoms with E-state index in [1.807, 2.05) is 20.8 Å². The number of piperidine rings is 1. The third-order valence-electron chi connectivity index (χ3n) is 2.43. The lowest BCUT2D eigenvalue weighted by Crippen LogP contribution is -2.43. The van der Waals surface area contributed by atoms with Gasteiger partial charge >= 0.3 is 12.1 Å². The van der Waals surface area contributed by atoms with Crippen molar-refractivity contribution < 1.29 is 19.4 Å². The zero-order valence-corrected chi connectivity index (χ0v) is 10.0. The van der Waals surface area contributed by atoms with E-state index in [4.69, 9.17) is 9.84 Å². The molecule has 0 radical (unpaired) electrons. The Labute approximate surface area is 95.4 Å². The average molecular weight is 229 g/mol. The smallest absolute Gasteiger partial charge is 0.407 e. The van der Waals surface area contributed by atoms with Crippen molar-refractivity contribution in [3.8, 4) is 0 Å². The number of carbonyl (C=O) groups excluding carboxylic acids is 1. The molecule has 1 aliphatic heterocycles. The van der Waals surface area contributed by atoms with Crippen LogP contribution >= 0.6 is 0 Å². The minimum absolute atomic E-state index is 0.254. The van der Waals surface area contributed by atoms with Gasteiger partial charge in [-0.3, -0.25) is 4.79 Å². The van der Waals surface area contributed by atoms with Gasteiger partial charge in [0.25, 0.3) is 0 Å². The molecule has 1 fully saturated rings. The first-order chi connectivity index (χ1) is 7.29. The summed E-state index contributed by atoms with van der Waals surface area (Å²) in [6.45, 7) is 6.19. The third-order valence-corrected chi connectivity index (χ3v) is 2.43. The molecule has 1 N–H and O–H groups in total. The van der Waals surface area contributed by atoms with E-state index in [1.54, 1.807) is 0 Å². The van der Waals surface area contributed by atoms with Crippen molar-refractivity contribution in [2.45, 2.75) is 39.2 Å². The number of hydrogen-bond donors (Lipinski definition) is 1. The predicted octanol–water partition coefficient (Wildman–Crippen LogP) is 1.72. The lowest BCUT2D eigenvalue weighted by molar-refractivity contribution is -0.161. The quantitative estimate of drug-likeness (QED) is 0.695. The van der Waals surface area contributed by atoms with Crippen LogP contribution in [0.25, 0.3) is 0 Å². The molecule has 0 bridgehead atoms. The van der Waals surface area contributed by atoms with Crippen LogP contribution in [0.2, 0.25) is 0 Å². The van der Waals surface area contributed by atoms with Crippen LogP contribution in [0.5, 0.6) is 0 Å². The van der Waals surface area contributed by atoms with E-state index in [2.05, 4.69) is 0 Å². The van der Waals surface area contributed by atoms with Crippen molar-refractivity contribution in [2.24, 2.45) is 5.92 Å². The van der Waals surface area contributed by atoms with Crippen LogP contribution in [0.4, 0.5) is 4.79 Å². The van der Waals surface area contributed by atoms with Gasteiger partial charge in [-0.15, -0.1) is 0 Å². The van der Waals surface area contributed by atoms with E-state index in [-0.39, 0.29) is 18.4 Å². The highest BCUT2D eigenvalue weighted by Gasteiger charge is 2.31. The summed E-state index contributed by atoms with van der Waals surface area (Å²) in [5, 5.41) is 8.84. The number of rotatable bonds is 1. The van der Waals surface area contributed by atoms with Crippen LogP contribution in [-0.4, -0.2) is 40.8 Å². The summed E-state index contributed by atoms with van der Waals surface area (Å²) in [6, 6.07) is 0. The van der Waals surface area contributed by atoms with Crippen LogP contribution in [0.3, 0.4) is 0 Å². The number of likely N-dealkylation sites (tertiary alicyclic amines) is 1. The molecule has 1 saturated heterocycles. The monoisotopic (exact) mass is 229 g/mol. The zero-order valence-electron chi connectivity index (χ0n) is 10.0. The lowest BCUT2D eigenvalue weighted by Gasteiger charge is -2.31. The van der Waals surface area contributed by atoms with Gasteiger partial charge in [-0.1, -0.05) is 0 Å². The maximum Gasteiger partial charge on any atom is 0.407 e. The summed E-state index contributed by atoms with van der Waals surface area (Å²) < 4.78 is 5.25. The fourth-order valence-corrected chi connectivity index (χ4v) is 1.73. The molecule has 1 amide bonds. The van der Waals surface area contributed by atoms with E-state index in [0.717, 1.165) is 6.42 Å². The molecule has 1 heterocycles. The maximum atomic E-state index is 11.7. The Morgan fingerprint density at radius 2 is 2.00 bits per heavy atom. The summed E-state index contributed by atoms with van der Waals surface area (Å²) >= 11 is 0. The summed E-state index contributed by atoms with van der Waals surface area (Å²) in [6.07, 6.45) is 0.461. The molecule has 5 nitrogen and oxygen atoms in total. The summed E-state index contributed by atoms with van der Waals surface area (Å²) in [5.41, 5.74) is -0.511. The van der Waals surface area contributed by atoms with E-state index >= 15 is 0 Å². The number of carbonyl (C=O) groups is 2. The lowest BCUT2D eigenvalue weighted by atomic mass is 9.98.